The summed E-state index contributed by atoms with van der Waals surface area (Å²) in [6, 6.07) is 15.5. The molecule has 0 aliphatic carbocycles. The number of rotatable bonds is 16. The number of anilines is 1. The average Bonchev–Trinajstić information content (AvgIpc) is 3.40. The number of nitrogen functional groups attached to an aromatic ring is 1. The van der Waals surface area contributed by atoms with Crippen LogP contribution in [0.2, 0.25) is 0 Å². The van der Waals surface area contributed by atoms with Crippen LogP contribution in [0.5, 0.6) is 5.75 Å². The van der Waals surface area contributed by atoms with E-state index in [-0.39, 0.29) is 19.8 Å². The van der Waals surface area contributed by atoms with Crippen LogP contribution >= 0.6 is 7.75 Å². The Hall–Kier alpha value is -3.50. The predicted octanol–water partition coefficient (Wildman–Crippen LogP) is 6.35. The summed E-state index contributed by atoms with van der Waals surface area (Å²) in [5.74, 6) is 0.730. The molecule has 0 saturated carbocycles. The molecule has 0 unspecified atom stereocenters. The summed E-state index contributed by atoms with van der Waals surface area (Å²) in [6.45, 7) is 10.2. The van der Waals surface area contributed by atoms with Crippen molar-refractivity contribution < 1.29 is 27.9 Å². The van der Waals surface area contributed by atoms with Crippen LogP contribution in [0.3, 0.4) is 0 Å². The largest absolute Gasteiger partial charge is 0.465 e. The molecule has 4 aromatic rings. The second-order valence-electron chi connectivity index (χ2n) is 10.6. The molecule has 0 amide bonds. The molecule has 2 aromatic carbocycles. The van der Waals surface area contributed by atoms with Gasteiger partial charge in [-0.05, 0) is 52.3 Å². The Morgan fingerprint density at radius 1 is 1.07 bits per heavy atom. The number of nitrogens with one attached hydrogen (secondary N) is 1. The zero-order chi connectivity index (χ0) is 31.0. The molecular formula is C31H42N5O6P. The maximum atomic E-state index is 14.3. The van der Waals surface area contributed by atoms with E-state index in [1.54, 1.807) is 38.1 Å². The zero-order valence-corrected chi connectivity index (χ0v) is 26.4. The van der Waals surface area contributed by atoms with Gasteiger partial charge in [0.2, 0.25) is 0 Å². The minimum Gasteiger partial charge on any atom is -0.465 e. The van der Waals surface area contributed by atoms with Gasteiger partial charge in [0.25, 0.3) is 0 Å². The van der Waals surface area contributed by atoms with Crippen molar-refractivity contribution in [3.8, 4) is 5.75 Å². The highest BCUT2D eigenvalue weighted by atomic mass is 31.2. The summed E-state index contributed by atoms with van der Waals surface area (Å²) in [5.41, 5.74) is 7.75. The van der Waals surface area contributed by atoms with Crippen LogP contribution in [0.4, 0.5) is 5.82 Å². The van der Waals surface area contributed by atoms with Crippen molar-refractivity contribution in [2.75, 3.05) is 25.6 Å². The number of hydrogen-bond donors (Lipinski definition) is 2. The average molecular weight is 612 g/mol. The number of pyridine rings is 1. The van der Waals surface area contributed by atoms with Gasteiger partial charge in [-0.1, -0.05) is 56.2 Å². The lowest BCUT2D eigenvalue weighted by atomic mass is 9.94. The van der Waals surface area contributed by atoms with Gasteiger partial charge in [0.15, 0.2) is 5.82 Å². The van der Waals surface area contributed by atoms with E-state index in [1.807, 2.05) is 44.2 Å². The lowest BCUT2D eigenvalue weighted by molar-refractivity contribution is -0.144. The predicted molar refractivity (Wildman–Crippen MR) is 168 cm³/mol. The number of imidazole rings is 1. The molecule has 4 rings (SSSR count). The van der Waals surface area contributed by atoms with Crippen LogP contribution in [0.15, 0.2) is 54.6 Å². The van der Waals surface area contributed by atoms with Crippen LogP contribution in [0, 0.1) is 0 Å². The third-order valence-corrected chi connectivity index (χ3v) is 8.76. The van der Waals surface area contributed by atoms with E-state index in [2.05, 4.69) is 21.6 Å². The molecule has 0 fully saturated rings. The van der Waals surface area contributed by atoms with E-state index in [0.29, 0.717) is 35.9 Å². The summed E-state index contributed by atoms with van der Waals surface area (Å²) in [6.07, 6.45) is 2.43. The standard InChI is InChI=1S/C31H42N5O6P/c1-6-9-19-31(5,21-41-43(38,35-22(4)30(37)40-8-3)42-23-15-11-10-12-16-23)36-26(20-39-7-2)34-27-28(36)24-17-13-14-18-25(24)33-29(27)32/h10-18,22H,6-9,19-21H2,1-5H3,(H2,32,33)(H,35,38)/t22-,31+,43+/m0/s1. The number of ether oxygens (including phenoxy) is 2. The molecule has 0 radical (unpaired) electrons. The van der Waals surface area contributed by atoms with Gasteiger partial charge >= 0.3 is 13.7 Å². The summed E-state index contributed by atoms with van der Waals surface area (Å²) in [4.78, 5) is 22.0. The molecule has 2 heterocycles. The Kier molecular flexibility index (Phi) is 10.8. The molecule has 0 bridgehead atoms. The number of fused-ring (bicyclic) bond motifs is 3. The minimum atomic E-state index is -4.11. The number of nitrogens with zero attached hydrogens (tertiary/aromatic N) is 3. The van der Waals surface area contributed by atoms with Gasteiger partial charge in [0.1, 0.15) is 29.7 Å². The van der Waals surface area contributed by atoms with E-state index in [4.69, 9.17) is 29.2 Å². The zero-order valence-electron chi connectivity index (χ0n) is 25.5. The SMILES string of the molecule is CCCC[C@](C)(CO[P@](=O)(N[C@@H](C)C(=O)OCC)Oc1ccccc1)n1c(COCC)nc2c(N)nc3ccccc3c21. The highest BCUT2D eigenvalue weighted by Gasteiger charge is 2.38. The molecule has 3 N–H and O–H groups in total. The van der Waals surface area contributed by atoms with Crippen molar-refractivity contribution in [3.05, 3.63) is 60.4 Å². The molecule has 12 heteroatoms. The third-order valence-electron chi connectivity index (χ3n) is 7.14. The van der Waals surface area contributed by atoms with Crippen LogP contribution < -0.4 is 15.3 Å². The fourth-order valence-corrected chi connectivity index (χ4v) is 6.62. The molecule has 43 heavy (non-hydrogen) atoms. The highest BCUT2D eigenvalue weighted by Crippen LogP contribution is 2.47. The molecule has 0 aliphatic heterocycles. The van der Waals surface area contributed by atoms with E-state index >= 15 is 0 Å². The van der Waals surface area contributed by atoms with Crippen LogP contribution in [0.25, 0.3) is 21.9 Å². The fraction of sp³-hybridized carbons (Fsp3) is 0.452. The Morgan fingerprint density at radius 3 is 2.49 bits per heavy atom. The van der Waals surface area contributed by atoms with Gasteiger partial charge in [0, 0.05) is 12.0 Å². The van der Waals surface area contributed by atoms with Crippen LogP contribution in [-0.2, 0) is 35.5 Å². The second kappa shape index (κ2) is 14.3. The lowest BCUT2D eigenvalue weighted by Crippen LogP contribution is -2.39. The number of nitrogens with two attached hydrogens (primary N) is 1. The number of aromatic nitrogens is 3. The summed E-state index contributed by atoms with van der Waals surface area (Å²) < 4.78 is 39.6. The summed E-state index contributed by atoms with van der Waals surface area (Å²) >= 11 is 0. The molecule has 2 aromatic heterocycles. The van der Waals surface area contributed by atoms with Crippen molar-refractivity contribution in [2.45, 2.75) is 72.1 Å². The van der Waals surface area contributed by atoms with Crippen LogP contribution in [-0.4, -0.2) is 46.4 Å². The molecule has 3 atom stereocenters. The molecule has 0 saturated heterocycles. The fourth-order valence-electron chi connectivity index (χ4n) is 5.02. The first-order valence-corrected chi connectivity index (χ1v) is 16.3. The Morgan fingerprint density at radius 2 is 1.79 bits per heavy atom. The number of benzene rings is 2. The number of carbonyl (C=O) groups excluding carboxylic acids is 1. The van der Waals surface area contributed by atoms with Crippen molar-refractivity contribution in [1.29, 1.82) is 0 Å². The van der Waals surface area contributed by atoms with Gasteiger partial charge in [-0.2, -0.15) is 5.09 Å². The number of unbranched alkanes of at least 4 members (excludes halogenated alkanes) is 1. The Balaban J connectivity index is 1.82. The lowest BCUT2D eigenvalue weighted by Gasteiger charge is -2.35. The first-order chi connectivity index (χ1) is 20.6. The van der Waals surface area contributed by atoms with Crippen molar-refractivity contribution >= 4 is 41.5 Å². The van der Waals surface area contributed by atoms with Gasteiger partial charge in [0.05, 0.1) is 29.8 Å². The van der Waals surface area contributed by atoms with E-state index in [1.165, 1.54) is 0 Å². The quantitative estimate of drug-likeness (QED) is 0.109. The van der Waals surface area contributed by atoms with E-state index < -0.39 is 25.3 Å². The maximum absolute atomic E-state index is 14.3. The smallest absolute Gasteiger partial charge is 0.459 e. The molecule has 0 spiro atoms. The number of carbonyl (C=O) groups is 1. The van der Waals surface area contributed by atoms with Crippen LogP contribution in [0.1, 0.15) is 59.7 Å². The molecule has 0 aliphatic rings. The van der Waals surface area contributed by atoms with Crippen molar-refractivity contribution in [2.24, 2.45) is 0 Å². The summed E-state index contributed by atoms with van der Waals surface area (Å²) in [5, 5.41) is 3.66. The van der Waals surface area contributed by atoms with Gasteiger partial charge < -0.3 is 24.3 Å². The monoisotopic (exact) mass is 611 g/mol. The van der Waals surface area contributed by atoms with Gasteiger partial charge in [-0.3, -0.25) is 9.32 Å². The summed E-state index contributed by atoms with van der Waals surface area (Å²) in [7, 11) is -4.11. The van der Waals surface area contributed by atoms with E-state index in [9.17, 15) is 9.36 Å². The second-order valence-corrected chi connectivity index (χ2v) is 12.3. The number of hydrogen-bond acceptors (Lipinski definition) is 9. The normalized spacial score (nSPS) is 15.2. The van der Waals surface area contributed by atoms with Gasteiger partial charge in [-0.25, -0.2) is 14.5 Å². The number of para-hydroxylation sites is 2. The maximum Gasteiger partial charge on any atom is 0.459 e. The molecule has 232 valence electrons. The third kappa shape index (κ3) is 7.54. The Bertz CT molecular complexity index is 1580. The minimum absolute atomic E-state index is 0.0409. The van der Waals surface area contributed by atoms with E-state index in [0.717, 1.165) is 29.3 Å². The topological polar surface area (TPSA) is 140 Å². The highest BCUT2D eigenvalue weighted by molar-refractivity contribution is 7.52. The molecule has 11 nitrogen and oxygen atoms in total. The molecular weight excluding hydrogens is 569 g/mol. The van der Waals surface area contributed by atoms with Gasteiger partial charge in [-0.15, -0.1) is 0 Å². The number of esters is 1. The first kappa shape index (κ1) is 32.4. The van der Waals surface area contributed by atoms with Crippen molar-refractivity contribution in [1.82, 2.24) is 19.6 Å². The first-order valence-electron chi connectivity index (χ1n) is 14.7. The van der Waals surface area contributed by atoms with Crippen molar-refractivity contribution in [3.63, 3.8) is 0 Å². The Labute approximate surface area is 252 Å².